The van der Waals surface area contributed by atoms with E-state index in [-0.39, 0.29) is 17.5 Å². The highest BCUT2D eigenvalue weighted by molar-refractivity contribution is 6.04. The molecule has 0 radical (unpaired) electrons. The lowest BCUT2D eigenvalue weighted by Crippen LogP contribution is -2.30. The predicted octanol–water partition coefficient (Wildman–Crippen LogP) is 3.62. The van der Waals surface area contributed by atoms with E-state index >= 15 is 0 Å². The van der Waals surface area contributed by atoms with Gasteiger partial charge in [-0.3, -0.25) is 9.59 Å². The second kappa shape index (κ2) is 8.68. The Balaban J connectivity index is 1.81. The van der Waals surface area contributed by atoms with E-state index in [1.165, 1.54) is 0 Å². The Bertz CT molecular complexity index is 1040. The number of carbonyl (C=O) groups is 2. The zero-order chi connectivity index (χ0) is 21.0. The van der Waals surface area contributed by atoms with Crippen molar-refractivity contribution in [3.63, 3.8) is 0 Å². The van der Waals surface area contributed by atoms with E-state index in [4.69, 9.17) is 0 Å². The maximum Gasteiger partial charge on any atom is 0.278 e. The monoisotopic (exact) mass is 391 g/mol. The molecule has 0 spiro atoms. The SMILES string of the molecule is CCN(CC)C(=O)c1cccc(NC(=O)c2nnn(-c3cccc(C)c3)c2C)c1. The van der Waals surface area contributed by atoms with Gasteiger partial charge in [-0.2, -0.15) is 0 Å². The van der Waals surface area contributed by atoms with E-state index in [2.05, 4.69) is 15.6 Å². The molecule has 0 bridgehead atoms. The second-order valence-corrected chi connectivity index (χ2v) is 6.79. The summed E-state index contributed by atoms with van der Waals surface area (Å²) in [7, 11) is 0. The Labute approximate surface area is 170 Å². The Hall–Kier alpha value is -3.48. The molecule has 0 unspecified atom stereocenters. The number of aromatic nitrogens is 3. The smallest absolute Gasteiger partial charge is 0.278 e. The van der Waals surface area contributed by atoms with E-state index in [9.17, 15) is 9.59 Å². The first kappa shape index (κ1) is 20.3. The molecule has 0 aliphatic heterocycles. The molecule has 0 atom stereocenters. The van der Waals surface area contributed by atoms with Gasteiger partial charge >= 0.3 is 0 Å². The molecule has 2 aromatic carbocycles. The minimum atomic E-state index is -0.367. The molecule has 1 heterocycles. The van der Waals surface area contributed by atoms with Crippen LogP contribution in [0, 0.1) is 13.8 Å². The zero-order valence-corrected chi connectivity index (χ0v) is 17.1. The number of amides is 2. The summed E-state index contributed by atoms with van der Waals surface area (Å²) >= 11 is 0. The highest BCUT2D eigenvalue weighted by Crippen LogP contribution is 2.17. The largest absolute Gasteiger partial charge is 0.339 e. The van der Waals surface area contributed by atoms with Gasteiger partial charge in [-0.25, -0.2) is 4.68 Å². The molecule has 0 aliphatic rings. The molecular formula is C22H25N5O2. The van der Waals surface area contributed by atoms with Gasteiger partial charge in [0.05, 0.1) is 11.4 Å². The molecule has 1 aromatic heterocycles. The molecule has 150 valence electrons. The van der Waals surface area contributed by atoms with Crippen molar-refractivity contribution in [3.8, 4) is 5.69 Å². The van der Waals surface area contributed by atoms with Crippen molar-refractivity contribution in [2.45, 2.75) is 27.7 Å². The molecule has 3 aromatic rings. The van der Waals surface area contributed by atoms with Gasteiger partial charge in [0.1, 0.15) is 0 Å². The predicted molar refractivity (Wildman–Crippen MR) is 112 cm³/mol. The van der Waals surface area contributed by atoms with Crippen molar-refractivity contribution >= 4 is 17.5 Å². The first-order valence-corrected chi connectivity index (χ1v) is 9.64. The minimum absolute atomic E-state index is 0.0623. The fourth-order valence-electron chi connectivity index (χ4n) is 3.16. The fraction of sp³-hybridized carbons (Fsp3) is 0.273. The first-order chi connectivity index (χ1) is 13.9. The Morgan fingerprint density at radius 2 is 1.76 bits per heavy atom. The summed E-state index contributed by atoms with van der Waals surface area (Å²) in [5.41, 5.74) is 3.90. The van der Waals surface area contributed by atoms with Crippen LogP contribution in [0.3, 0.4) is 0 Å². The zero-order valence-electron chi connectivity index (χ0n) is 17.1. The van der Waals surface area contributed by atoms with Crippen LogP contribution in [-0.4, -0.2) is 44.8 Å². The third-order valence-electron chi connectivity index (χ3n) is 4.77. The average molecular weight is 391 g/mol. The van der Waals surface area contributed by atoms with Crippen molar-refractivity contribution < 1.29 is 9.59 Å². The van der Waals surface area contributed by atoms with Crippen LogP contribution in [0.1, 0.15) is 46.0 Å². The number of nitrogens with one attached hydrogen (secondary N) is 1. The number of anilines is 1. The van der Waals surface area contributed by atoms with E-state index in [0.717, 1.165) is 11.3 Å². The minimum Gasteiger partial charge on any atom is -0.339 e. The molecule has 2 amide bonds. The van der Waals surface area contributed by atoms with Gasteiger partial charge in [-0.1, -0.05) is 23.4 Å². The molecule has 7 nitrogen and oxygen atoms in total. The van der Waals surface area contributed by atoms with E-state index in [1.54, 1.807) is 40.8 Å². The van der Waals surface area contributed by atoms with E-state index < -0.39 is 0 Å². The van der Waals surface area contributed by atoms with Gasteiger partial charge in [0.2, 0.25) is 0 Å². The lowest BCUT2D eigenvalue weighted by Gasteiger charge is -2.18. The number of rotatable bonds is 6. The fourth-order valence-corrected chi connectivity index (χ4v) is 3.16. The van der Waals surface area contributed by atoms with Crippen LogP contribution in [0.2, 0.25) is 0 Å². The molecule has 7 heteroatoms. The number of aryl methyl sites for hydroxylation is 1. The maximum atomic E-state index is 12.8. The summed E-state index contributed by atoms with van der Waals surface area (Å²) in [5.74, 6) is -0.429. The van der Waals surface area contributed by atoms with Crippen molar-refractivity contribution in [1.82, 2.24) is 19.9 Å². The first-order valence-electron chi connectivity index (χ1n) is 9.64. The van der Waals surface area contributed by atoms with Crippen LogP contribution < -0.4 is 5.32 Å². The molecular weight excluding hydrogens is 366 g/mol. The number of nitrogens with zero attached hydrogens (tertiary/aromatic N) is 4. The standard InChI is InChI=1S/C22H25N5O2/c1-5-26(6-2)22(29)17-10-8-11-18(14-17)23-21(28)20-16(4)27(25-24-20)19-12-7-9-15(3)13-19/h7-14H,5-6H2,1-4H3,(H,23,28). The number of hydrogen-bond acceptors (Lipinski definition) is 4. The Kier molecular flexibility index (Phi) is 6.07. The van der Waals surface area contributed by atoms with Gasteiger partial charge in [-0.15, -0.1) is 5.10 Å². The molecule has 0 saturated heterocycles. The third kappa shape index (κ3) is 4.34. The molecule has 0 fully saturated rings. The maximum absolute atomic E-state index is 12.8. The summed E-state index contributed by atoms with van der Waals surface area (Å²) in [4.78, 5) is 27.0. The number of carbonyl (C=O) groups excluding carboxylic acids is 2. The molecule has 29 heavy (non-hydrogen) atoms. The summed E-state index contributed by atoms with van der Waals surface area (Å²) in [6.07, 6.45) is 0. The van der Waals surface area contributed by atoms with Crippen molar-refractivity contribution in [1.29, 1.82) is 0 Å². The highest BCUT2D eigenvalue weighted by atomic mass is 16.2. The van der Waals surface area contributed by atoms with Crippen LogP contribution in [-0.2, 0) is 0 Å². The number of benzene rings is 2. The van der Waals surface area contributed by atoms with E-state index in [1.807, 2.05) is 45.0 Å². The third-order valence-corrected chi connectivity index (χ3v) is 4.77. The second-order valence-electron chi connectivity index (χ2n) is 6.79. The lowest BCUT2D eigenvalue weighted by atomic mass is 10.1. The van der Waals surface area contributed by atoms with Gasteiger partial charge in [-0.05, 0) is 63.6 Å². The van der Waals surface area contributed by atoms with Crippen LogP contribution in [0.4, 0.5) is 5.69 Å². The topological polar surface area (TPSA) is 80.1 Å². The molecule has 3 rings (SSSR count). The summed E-state index contributed by atoms with van der Waals surface area (Å²) in [6.45, 7) is 8.94. The Morgan fingerprint density at radius 1 is 1.03 bits per heavy atom. The number of hydrogen-bond donors (Lipinski definition) is 1. The Morgan fingerprint density at radius 3 is 2.45 bits per heavy atom. The normalized spacial score (nSPS) is 10.6. The molecule has 0 saturated carbocycles. The van der Waals surface area contributed by atoms with Crippen LogP contribution >= 0.6 is 0 Å². The summed E-state index contributed by atoms with van der Waals surface area (Å²) in [5, 5.41) is 11.0. The van der Waals surface area contributed by atoms with Crippen molar-refractivity contribution in [2.75, 3.05) is 18.4 Å². The molecule has 0 aliphatic carbocycles. The quantitative estimate of drug-likeness (QED) is 0.696. The van der Waals surface area contributed by atoms with Gasteiger partial charge < -0.3 is 10.2 Å². The van der Waals surface area contributed by atoms with Gasteiger partial charge in [0.25, 0.3) is 11.8 Å². The van der Waals surface area contributed by atoms with Crippen LogP contribution in [0.25, 0.3) is 5.69 Å². The average Bonchev–Trinajstić information content (AvgIpc) is 3.10. The van der Waals surface area contributed by atoms with Crippen LogP contribution in [0.5, 0.6) is 0 Å². The summed E-state index contributed by atoms with van der Waals surface area (Å²) in [6, 6.07) is 14.7. The van der Waals surface area contributed by atoms with Crippen molar-refractivity contribution in [3.05, 3.63) is 71.0 Å². The summed E-state index contributed by atoms with van der Waals surface area (Å²) < 4.78 is 1.64. The lowest BCUT2D eigenvalue weighted by molar-refractivity contribution is 0.0772. The highest BCUT2D eigenvalue weighted by Gasteiger charge is 2.19. The van der Waals surface area contributed by atoms with Gasteiger partial charge in [0.15, 0.2) is 5.69 Å². The van der Waals surface area contributed by atoms with E-state index in [0.29, 0.717) is 30.0 Å². The van der Waals surface area contributed by atoms with Crippen LogP contribution in [0.15, 0.2) is 48.5 Å². The van der Waals surface area contributed by atoms with Crippen molar-refractivity contribution in [2.24, 2.45) is 0 Å². The molecule has 1 N–H and O–H groups in total. The van der Waals surface area contributed by atoms with Gasteiger partial charge in [0, 0.05) is 24.3 Å².